The summed E-state index contributed by atoms with van der Waals surface area (Å²) in [7, 11) is 0. The minimum absolute atomic E-state index is 0.120. The van der Waals surface area contributed by atoms with E-state index in [-0.39, 0.29) is 12.2 Å². The summed E-state index contributed by atoms with van der Waals surface area (Å²) in [4.78, 5) is 11.8. The topological polar surface area (TPSA) is 83.8 Å². The van der Waals surface area contributed by atoms with Crippen LogP contribution in [0.25, 0.3) is 0 Å². The number of nitrogens with zero attached hydrogens (tertiary/aromatic N) is 1. The third-order valence-electron chi connectivity index (χ3n) is 2.72. The molecule has 0 radical (unpaired) electrons. The number of aromatic nitrogens is 2. The number of rotatable bonds is 3. The summed E-state index contributed by atoms with van der Waals surface area (Å²) in [6.07, 6.45) is 1.53. The minimum atomic E-state index is -1.05. The van der Waals surface area contributed by atoms with Crippen molar-refractivity contribution < 1.29 is 13.6 Å². The van der Waals surface area contributed by atoms with Crippen molar-refractivity contribution in [2.45, 2.75) is 13.5 Å². The zero-order valence-corrected chi connectivity index (χ0v) is 10.1. The van der Waals surface area contributed by atoms with Crippen LogP contribution in [-0.4, -0.2) is 16.1 Å². The molecule has 0 aliphatic heterocycles. The molecule has 0 saturated carbocycles. The molecule has 0 spiro atoms. The minimum Gasteiger partial charge on any atom is -0.396 e. The molecule has 1 amide bonds. The van der Waals surface area contributed by atoms with Gasteiger partial charge >= 0.3 is 0 Å². The molecule has 7 heteroatoms. The molecule has 2 rings (SSSR count). The Kier molecular flexibility index (Phi) is 3.46. The molecule has 1 heterocycles. The number of nitrogens with one attached hydrogen (secondary N) is 2. The van der Waals surface area contributed by atoms with Gasteiger partial charge in [-0.15, -0.1) is 0 Å². The Balaban J connectivity index is 2.17. The summed E-state index contributed by atoms with van der Waals surface area (Å²) >= 11 is 0. The van der Waals surface area contributed by atoms with Gasteiger partial charge in [0.25, 0.3) is 5.91 Å². The maximum Gasteiger partial charge on any atom is 0.257 e. The van der Waals surface area contributed by atoms with Crippen LogP contribution in [0, 0.1) is 18.6 Å². The van der Waals surface area contributed by atoms with Crippen LogP contribution in [0.2, 0.25) is 0 Å². The molecule has 1 aromatic carbocycles. The van der Waals surface area contributed by atoms with Crippen LogP contribution in [0.3, 0.4) is 0 Å². The van der Waals surface area contributed by atoms with E-state index >= 15 is 0 Å². The van der Waals surface area contributed by atoms with Crippen molar-refractivity contribution in [2.75, 3.05) is 5.73 Å². The molecule has 0 unspecified atom stereocenters. The molecule has 5 nitrogen and oxygen atoms in total. The van der Waals surface area contributed by atoms with Crippen molar-refractivity contribution >= 4 is 11.6 Å². The number of carbonyl (C=O) groups excluding carboxylic acids is 1. The van der Waals surface area contributed by atoms with Crippen LogP contribution in [0.1, 0.15) is 21.6 Å². The molecule has 0 atom stereocenters. The van der Waals surface area contributed by atoms with Gasteiger partial charge in [-0.2, -0.15) is 5.10 Å². The van der Waals surface area contributed by atoms with E-state index in [9.17, 15) is 13.6 Å². The predicted molar refractivity (Wildman–Crippen MR) is 65.3 cm³/mol. The van der Waals surface area contributed by atoms with Crippen molar-refractivity contribution in [3.8, 4) is 0 Å². The molecule has 1 aromatic heterocycles. The van der Waals surface area contributed by atoms with Gasteiger partial charge in [-0.3, -0.25) is 9.89 Å². The number of H-pyrrole nitrogens is 1. The molecular formula is C12H12F2N4O. The van der Waals surface area contributed by atoms with Crippen molar-refractivity contribution in [1.82, 2.24) is 15.5 Å². The third kappa shape index (κ3) is 2.54. The van der Waals surface area contributed by atoms with E-state index in [1.165, 1.54) is 6.20 Å². The lowest BCUT2D eigenvalue weighted by molar-refractivity contribution is 0.0942. The summed E-state index contributed by atoms with van der Waals surface area (Å²) in [6.45, 7) is 1.89. The number of carbonyl (C=O) groups is 1. The highest BCUT2D eigenvalue weighted by Gasteiger charge is 2.19. The van der Waals surface area contributed by atoms with E-state index < -0.39 is 23.1 Å². The molecule has 0 aliphatic carbocycles. The highest BCUT2D eigenvalue weighted by molar-refractivity contribution is 5.95. The first-order valence-corrected chi connectivity index (χ1v) is 5.51. The second kappa shape index (κ2) is 5.05. The summed E-state index contributed by atoms with van der Waals surface area (Å²) in [5.41, 5.74) is 5.86. The van der Waals surface area contributed by atoms with Gasteiger partial charge in [0.05, 0.1) is 11.9 Å². The number of aromatic amines is 1. The number of benzene rings is 1. The normalized spacial score (nSPS) is 10.5. The summed E-state index contributed by atoms with van der Waals surface area (Å²) in [5.74, 6) is -2.86. The second-order valence-electron chi connectivity index (χ2n) is 4.03. The zero-order chi connectivity index (χ0) is 14.0. The molecule has 0 saturated heterocycles. The SMILES string of the molecule is Cc1[nH]ncc1CNC(=O)c1c(F)ccc(N)c1F. The van der Waals surface area contributed by atoms with Crippen LogP contribution in [0.15, 0.2) is 18.3 Å². The van der Waals surface area contributed by atoms with Gasteiger partial charge in [-0.1, -0.05) is 0 Å². The van der Waals surface area contributed by atoms with Crippen molar-refractivity contribution in [2.24, 2.45) is 0 Å². The molecule has 0 bridgehead atoms. The molecule has 19 heavy (non-hydrogen) atoms. The maximum absolute atomic E-state index is 13.6. The fraction of sp³-hybridized carbons (Fsp3) is 0.167. The van der Waals surface area contributed by atoms with E-state index in [4.69, 9.17) is 5.73 Å². The highest BCUT2D eigenvalue weighted by atomic mass is 19.1. The summed E-state index contributed by atoms with van der Waals surface area (Å²) < 4.78 is 27.1. The monoisotopic (exact) mass is 266 g/mol. The van der Waals surface area contributed by atoms with E-state index in [2.05, 4.69) is 15.5 Å². The third-order valence-corrected chi connectivity index (χ3v) is 2.72. The Bertz CT molecular complexity index is 624. The van der Waals surface area contributed by atoms with E-state index in [1.54, 1.807) is 6.92 Å². The highest BCUT2D eigenvalue weighted by Crippen LogP contribution is 2.18. The lowest BCUT2D eigenvalue weighted by atomic mass is 10.1. The number of halogens is 2. The molecule has 4 N–H and O–H groups in total. The number of hydrogen-bond acceptors (Lipinski definition) is 3. The van der Waals surface area contributed by atoms with Crippen molar-refractivity contribution in [3.05, 3.63) is 46.8 Å². The van der Waals surface area contributed by atoms with Crippen LogP contribution >= 0.6 is 0 Å². The van der Waals surface area contributed by atoms with Crippen LogP contribution < -0.4 is 11.1 Å². The molecule has 0 aliphatic rings. The maximum atomic E-state index is 13.6. The second-order valence-corrected chi connectivity index (χ2v) is 4.03. The van der Waals surface area contributed by atoms with Gasteiger partial charge in [0.2, 0.25) is 0 Å². The van der Waals surface area contributed by atoms with Crippen LogP contribution in [-0.2, 0) is 6.54 Å². The van der Waals surface area contributed by atoms with Crippen LogP contribution in [0.5, 0.6) is 0 Å². The quantitative estimate of drug-likeness (QED) is 0.736. The number of nitrogens with two attached hydrogens (primary N) is 1. The average Bonchev–Trinajstić information content (AvgIpc) is 2.77. The van der Waals surface area contributed by atoms with E-state index in [1.807, 2.05) is 0 Å². The Morgan fingerprint density at radius 2 is 2.21 bits per heavy atom. The van der Waals surface area contributed by atoms with Gasteiger partial charge < -0.3 is 11.1 Å². The number of anilines is 1. The summed E-state index contributed by atoms with van der Waals surface area (Å²) in [6, 6.07) is 2.03. The van der Waals surface area contributed by atoms with E-state index in [0.717, 1.165) is 23.4 Å². The summed E-state index contributed by atoms with van der Waals surface area (Å²) in [5, 5.41) is 8.89. The van der Waals surface area contributed by atoms with Crippen molar-refractivity contribution in [1.29, 1.82) is 0 Å². The van der Waals surface area contributed by atoms with Gasteiger partial charge in [-0.25, -0.2) is 8.78 Å². The molecule has 2 aromatic rings. The first-order chi connectivity index (χ1) is 9.00. The number of aryl methyl sites for hydroxylation is 1. The zero-order valence-electron chi connectivity index (χ0n) is 10.1. The molecule has 100 valence electrons. The van der Waals surface area contributed by atoms with Crippen LogP contribution in [0.4, 0.5) is 14.5 Å². The van der Waals surface area contributed by atoms with Crippen molar-refractivity contribution in [3.63, 3.8) is 0 Å². The fourth-order valence-electron chi connectivity index (χ4n) is 1.59. The van der Waals surface area contributed by atoms with E-state index in [0.29, 0.717) is 0 Å². The smallest absolute Gasteiger partial charge is 0.257 e. The molecular weight excluding hydrogens is 254 g/mol. The van der Waals surface area contributed by atoms with Gasteiger partial charge in [0.15, 0.2) is 5.82 Å². The van der Waals surface area contributed by atoms with Gasteiger partial charge in [-0.05, 0) is 19.1 Å². The predicted octanol–water partition coefficient (Wildman–Crippen LogP) is 1.51. The molecule has 0 fully saturated rings. The first-order valence-electron chi connectivity index (χ1n) is 5.51. The lowest BCUT2D eigenvalue weighted by Gasteiger charge is -2.08. The lowest BCUT2D eigenvalue weighted by Crippen LogP contribution is -2.25. The Hall–Kier alpha value is -2.44. The largest absolute Gasteiger partial charge is 0.396 e. The Labute approximate surface area is 107 Å². The standard InChI is InChI=1S/C12H12F2N4O/c1-6-7(5-17-18-6)4-16-12(19)10-8(13)2-3-9(15)11(10)14/h2-3,5H,4,15H2,1H3,(H,16,19)(H,17,18). The number of hydrogen-bond donors (Lipinski definition) is 3. The van der Waals surface area contributed by atoms with Gasteiger partial charge in [0, 0.05) is 17.8 Å². The fourth-order valence-corrected chi connectivity index (χ4v) is 1.59. The average molecular weight is 266 g/mol. The Morgan fingerprint density at radius 1 is 1.47 bits per heavy atom. The Morgan fingerprint density at radius 3 is 2.84 bits per heavy atom. The number of nitrogen functional groups attached to an aromatic ring is 1. The first kappa shape index (κ1) is 13.0. The number of amides is 1. The van der Waals surface area contributed by atoms with Gasteiger partial charge in [0.1, 0.15) is 11.4 Å².